The second-order valence-electron chi connectivity index (χ2n) is 4.65. The van der Waals surface area contributed by atoms with Crippen molar-refractivity contribution in [2.24, 2.45) is 0 Å². The molecule has 1 fully saturated rings. The number of halogens is 1. The first-order valence-corrected chi connectivity index (χ1v) is 7.07. The van der Waals surface area contributed by atoms with E-state index in [-0.39, 0.29) is 0 Å². The molecule has 2 aromatic rings. The van der Waals surface area contributed by atoms with Gasteiger partial charge in [-0.1, -0.05) is 0 Å². The average molecular weight is 323 g/mol. The van der Waals surface area contributed by atoms with Crippen molar-refractivity contribution in [2.45, 2.75) is 25.4 Å². The third-order valence-electron chi connectivity index (χ3n) is 3.10. The SMILES string of the molecule is COc1ccc(-c2nc(CNC3CC3)co2)cc1Br. The molecule has 1 N–H and O–H groups in total. The highest BCUT2D eigenvalue weighted by atomic mass is 79.9. The summed E-state index contributed by atoms with van der Waals surface area (Å²) in [4.78, 5) is 4.49. The van der Waals surface area contributed by atoms with Crippen molar-refractivity contribution in [3.8, 4) is 17.2 Å². The molecule has 1 heterocycles. The summed E-state index contributed by atoms with van der Waals surface area (Å²) in [6.45, 7) is 0.769. The molecule has 19 heavy (non-hydrogen) atoms. The van der Waals surface area contributed by atoms with E-state index in [0.29, 0.717) is 11.9 Å². The van der Waals surface area contributed by atoms with Crippen molar-refractivity contribution in [2.75, 3.05) is 7.11 Å². The number of rotatable bonds is 5. The largest absolute Gasteiger partial charge is 0.496 e. The van der Waals surface area contributed by atoms with Gasteiger partial charge in [-0.15, -0.1) is 0 Å². The molecule has 1 aliphatic carbocycles. The molecule has 1 aromatic heterocycles. The first-order chi connectivity index (χ1) is 9.26. The standard InChI is InChI=1S/C14H15BrN2O2/c1-18-13-5-2-9(6-12(13)15)14-17-11(8-19-14)7-16-10-3-4-10/h2,5-6,8,10,16H,3-4,7H2,1H3. The molecule has 3 rings (SSSR count). The fourth-order valence-electron chi connectivity index (χ4n) is 1.86. The van der Waals surface area contributed by atoms with Gasteiger partial charge in [0.05, 0.1) is 17.3 Å². The van der Waals surface area contributed by atoms with Crippen molar-refractivity contribution in [1.29, 1.82) is 0 Å². The lowest BCUT2D eigenvalue weighted by molar-refractivity contribution is 0.412. The molecule has 5 heteroatoms. The highest BCUT2D eigenvalue weighted by Gasteiger charge is 2.20. The van der Waals surface area contributed by atoms with Crippen LogP contribution in [0.25, 0.3) is 11.5 Å². The average Bonchev–Trinajstić information content (AvgIpc) is 3.13. The zero-order chi connectivity index (χ0) is 13.2. The lowest BCUT2D eigenvalue weighted by Crippen LogP contribution is -2.15. The van der Waals surface area contributed by atoms with Gasteiger partial charge < -0.3 is 14.5 Å². The molecule has 100 valence electrons. The highest BCUT2D eigenvalue weighted by Crippen LogP contribution is 2.30. The summed E-state index contributed by atoms with van der Waals surface area (Å²) in [5.41, 5.74) is 1.87. The minimum atomic E-state index is 0.635. The third-order valence-corrected chi connectivity index (χ3v) is 3.72. The fraction of sp³-hybridized carbons (Fsp3) is 0.357. The lowest BCUT2D eigenvalue weighted by Gasteiger charge is -2.03. The molecule has 0 saturated heterocycles. The van der Waals surface area contributed by atoms with E-state index in [0.717, 1.165) is 28.0 Å². The van der Waals surface area contributed by atoms with Gasteiger partial charge in [0.15, 0.2) is 0 Å². The number of hydrogen-bond acceptors (Lipinski definition) is 4. The summed E-state index contributed by atoms with van der Waals surface area (Å²) >= 11 is 3.46. The van der Waals surface area contributed by atoms with Crippen LogP contribution in [-0.4, -0.2) is 18.1 Å². The molecule has 1 saturated carbocycles. The lowest BCUT2D eigenvalue weighted by atomic mass is 10.2. The Bertz CT molecular complexity index is 579. The monoisotopic (exact) mass is 322 g/mol. The molecule has 0 unspecified atom stereocenters. The van der Waals surface area contributed by atoms with E-state index in [9.17, 15) is 0 Å². The van der Waals surface area contributed by atoms with Gasteiger partial charge in [0.25, 0.3) is 0 Å². The summed E-state index contributed by atoms with van der Waals surface area (Å²) in [6, 6.07) is 6.46. The second kappa shape index (κ2) is 5.35. The third kappa shape index (κ3) is 2.98. The summed E-state index contributed by atoms with van der Waals surface area (Å²) < 4.78 is 11.6. The minimum Gasteiger partial charge on any atom is -0.496 e. The maximum atomic E-state index is 5.52. The summed E-state index contributed by atoms with van der Waals surface area (Å²) in [6.07, 6.45) is 4.26. The van der Waals surface area contributed by atoms with Gasteiger partial charge in [0.1, 0.15) is 12.0 Å². The number of aromatic nitrogens is 1. The molecular weight excluding hydrogens is 308 g/mol. The first kappa shape index (κ1) is 12.7. The Labute approximate surface area is 120 Å². The molecule has 1 aliphatic rings. The molecule has 0 amide bonds. The summed E-state index contributed by atoms with van der Waals surface area (Å²) in [5, 5.41) is 3.42. The maximum absolute atomic E-state index is 5.52. The van der Waals surface area contributed by atoms with Crippen LogP contribution in [0.2, 0.25) is 0 Å². The Morgan fingerprint density at radius 2 is 2.32 bits per heavy atom. The zero-order valence-corrected chi connectivity index (χ0v) is 12.2. The minimum absolute atomic E-state index is 0.635. The van der Waals surface area contributed by atoms with Crippen LogP contribution in [0.1, 0.15) is 18.5 Å². The summed E-state index contributed by atoms with van der Waals surface area (Å²) in [7, 11) is 1.65. The number of ether oxygens (including phenoxy) is 1. The van der Waals surface area contributed by atoms with E-state index >= 15 is 0 Å². The van der Waals surface area contributed by atoms with Crippen LogP contribution in [0.4, 0.5) is 0 Å². The van der Waals surface area contributed by atoms with Gasteiger partial charge in [-0.3, -0.25) is 0 Å². The van der Waals surface area contributed by atoms with Crippen LogP contribution in [0.5, 0.6) is 5.75 Å². The molecular formula is C14H15BrN2O2. The van der Waals surface area contributed by atoms with Crippen LogP contribution in [-0.2, 0) is 6.54 Å². The zero-order valence-electron chi connectivity index (χ0n) is 10.6. The molecule has 0 atom stereocenters. The smallest absolute Gasteiger partial charge is 0.226 e. The predicted molar refractivity (Wildman–Crippen MR) is 76.1 cm³/mol. The van der Waals surface area contributed by atoms with Crippen molar-refractivity contribution in [3.05, 3.63) is 34.6 Å². The summed E-state index contributed by atoms with van der Waals surface area (Å²) in [5.74, 6) is 1.43. The van der Waals surface area contributed by atoms with E-state index < -0.39 is 0 Å². The van der Waals surface area contributed by atoms with E-state index in [4.69, 9.17) is 9.15 Å². The number of methoxy groups -OCH3 is 1. The van der Waals surface area contributed by atoms with Crippen molar-refractivity contribution in [1.82, 2.24) is 10.3 Å². The Kier molecular flexibility index (Phi) is 3.57. The van der Waals surface area contributed by atoms with Crippen LogP contribution >= 0.6 is 15.9 Å². The highest BCUT2D eigenvalue weighted by molar-refractivity contribution is 9.10. The first-order valence-electron chi connectivity index (χ1n) is 6.28. The maximum Gasteiger partial charge on any atom is 0.226 e. The van der Waals surface area contributed by atoms with Gasteiger partial charge in [0, 0.05) is 18.2 Å². The van der Waals surface area contributed by atoms with Crippen molar-refractivity contribution < 1.29 is 9.15 Å². The number of oxazole rings is 1. The quantitative estimate of drug-likeness (QED) is 0.916. The van der Waals surface area contributed by atoms with E-state index in [1.807, 2.05) is 18.2 Å². The Morgan fingerprint density at radius 1 is 1.47 bits per heavy atom. The van der Waals surface area contributed by atoms with Gasteiger partial charge in [-0.05, 0) is 47.0 Å². The Balaban J connectivity index is 1.75. The van der Waals surface area contributed by atoms with Gasteiger partial charge in [-0.25, -0.2) is 4.98 Å². The van der Waals surface area contributed by atoms with E-state index in [2.05, 4.69) is 26.2 Å². The molecule has 0 spiro atoms. The molecule has 0 bridgehead atoms. The number of benzene rings is 1. The van der Waals surface area contributed by atoms with Gasteiger partial charge in [-0.2, -0.15) is 0 Å². The molecule has 0 radical (unpaired) electrons. The normalized spacial score (nSPS) is 14.6. The molecule has 1 aromatic carbocycles. The second-order valence-corrected chi connectivity index (χ2v) is 5.50. The van der Waals surface area contributed by atoms with Crippen LogP contribution < -0.4 is 10.1 Å². The number of hydrogen-bond donors (Lipinski definition) is 1. The van der Waals surface area contributed by atoms with Crippen LogP contribution in [0.15, 0.2) is 33.4 Å². The number of nitrogens with zero attached hydrogens (tertiary/aromatic N) is 1. The van der Waals surface area contributed by atoms with E-state index in [1.165, 1.54) is 12.8 Å². The predicted octanol–water partition coefficient (Wildman–Crippen LogP) is 3.36. The topological polar surface area (TPSA) is 47.3 Å². The molecule has 0 aliphatic heterocycles. The Morgan fingerprint density at radius 3 is 3.00 bits per heavy atom. The van der Waals surface area contributed by atoms with Crippen molar-refractivity contribution in [3.63, 3.8) is 0 Å². The Hall–Kier alpha value is -1.33. The van der Waals surface area contributed by atoms with Crippen LogP contribution in [0, 0.1) is 0 Å². The van der Waals surface area contributed by atoms with Gasteiger partial charge in [0.2, 0.25) is 5.89 Å². The van der Waals surface area contributed by atoms with Crippen LogP contribution in [0.3, 0.4) is 0 Å². The molecule has 4 nitrogen and oxygen atoms in total. The van der Waals surface area contributed by atoms with Gasteiger partial charge >= 0.3 is 0 Å². The number of nitrogens with one attached hydrogen (secondary N) is 1. The van der Waals surface area contributed by atoms with E-state index in [1.54, 1.807) is 13.4 Å². The van der Waals surface area contributed by atoms with Crippen molar-refractivity contribution >= 4 is 15.9 Å². The fourth-order valence-corrected chi connectivity index (χ4v) is 2.40.